The largest absolute Gasteiger partial charge is 0.458 e. The molecule has 0 amide bonds. The quantitative estimate of drug-likeness (QED) is 0.341. The topological polar surface area (TPSA) is 67.9 Å². The number of nitrogens with zero attached hydrogens (tertiary/aromatic N) is 1. The molecule has 9 atom stereocenters. The van der Waals surface area contributed by atoms with Crippen LogP contribution in [0.1, 0.15) is 79.0 Å². The van der Waals surface area contributed by atoms with Crippen LogP contribution in [-0.2, 0) is 9.47 Å². The van der Waals surface area contributed by atoms with Crippen LogP contribution in [0.3, 0.4) is 0 Å². The monoisotopic (exact) mass is 556 g/mol. The first kappa shape index (κ1) is 27.3. The van der Waals surface area contributed by atoms with Crippen LogP contribution in [0.25, 0.3) is 0 Å². The second-order valence-electron chi connectivity index (χ2n) is 13.4. The van der Waals surface area contributed by atoms with Crippen molar-refractivity contribution in [1.82, 2.24) is 10.2 Å². The second-order valence-corrected chi connectivity index (χ2v) is 13.4. The summed E-state index contributed by atoms with van der Waals surface area (Å²) in [7, 11) is 0. The predicted octanol–water partition coefficient (Wildman–Crippen LogP) is 5.52. The number of benzene rings is 2. The van der Waals surface area contributed by atoms with E-state index in [9.17, 15) is 9.59 Å². The number of hydrogen-bond donors (Lipinski definition) is 1. The maximum Gasteiger partial charge on any atom is 0.338 e. The van der Waals surface area contributed by atoms with Crippen LogP contribution in [0.4, 0.5) is 0 Å². The molecule has 6 heteroatoms. The van der Waals surface area contributed by atoms with E-state index in [1.807, 2.05) is 60.7 Å². The van der Waals surface area contributed by atoms with Crippen molar-refractivity contribution in [2.75, 3.05) is 13.2 Å². The number of fused-ring (bicyclic) bond motifs is 2. The molecule has 6 aliphatic rings. The summed E-state index contributed by atoms with van der Waals surface area (Å²) in [6, 6.07) is 22.1. The molecular weight excluding hydrogens is 512 g/mol. The van der Waals surface area contributed by atoms with Crippen LogP contribution in [0, 0.1) is 23.7 Å². The van der Waals surface area contributed by atoms with Crippen molar-refractivity contribution in [3.8, 4) is 0 Å². The van der Waals surface area contributed by atoms with Crippen molar-refractivity contribution in [2.45, 2.75) is 94.6 Å². The molecule has 2 bridgehead atoms. The molecule has 0 spiro atoms. The van der Waals surface area contributed by atoms with Gasteiger partial charge in [-0.05, 0) is 75.8 Å². The average Bonchev–Trinajstić information content (AvgIpc) is 3.74. The highest BCUT2D eigenvalue weighted by Gasteiger charge is 2.60. The molecular formula is C35H44N2O4. The number of nitrogens with one attached hydrogen (secondary N) is 1. The number of carbonyl (C=O) groups excluding carboxylic acids is 2. The fraction of sp³-hybridized carbons (Fsp3) is 0.600. The molecule has 5 saturated heterocycles. The van der Waals surface area contributed by atoms with Gasteiger partial charge in [0.1, 0.15) is 6.10 Å². The van der Waals surface area contributed by atoms with Gasteiger partial charge in [-0.25, -0.2) is 4.79 Å². The third-order valence-corrected chi connectivity index (χ3v) is 11.0. The minimum Gasteiger partial charge on any atom is -0.458 e. The number of Topliss-reactive ketones (excluding diaryl/α,β-unsaturated/α-hetero) is 1. The van der Waals surface area contributed by atoms with Crippen LogP contribution >= 0.6 is 0 Å². The van der Waals surface area contributed by atoms with Gasteiger partial charge in [0.15, 0.2) is 5.78 Å². The number of rotatable bonds is 8. The summed E-state index contributed by atoms with van der Waals surface area (Å²) >= 11 is 0. The van der Waals surface area contributed by atoms with Gasteiger partial charge in [0.25, 0.3) is 0 Å². The summed E-state index contributed by atoms with van der Waals surface area (Å²) in [6.45, 7) is 3.17. The highest BCUT2D eigenvalue weighted by molar-refractivity contribution is 5.93. The Morgan fingerprint density at radius 1 is 0.805 bits per heavy atom. The van der Waals surface area contributed by atoms with Crippen LogP contribution in [-0.4, -0.2) is 66.2 Å². The van der Waals surface area contributed by atoms with Crippen molar-refractivity contribution in [2.24, 2.45) is 23.7 Å². The lowest BCUT2D eigenvalue weighted by molar-refractivity contribution is -0.199. The number of piperidine rings is 3. The zero-order valence-corrected chi connectivity index (χ0v) is 24.2. The average molecular weight is 557 g/mol. The van der Waals surface area contributed by atoms with Crippen LogP contribution in [0.2, 0.25) is 0 Å². The number of ether oxygens (including phenoxy) is 2. The van der Waals surface area contributed by atoms with Crippen molar-refractivity contribution < 1.29 is 19.1 Å². The summed E-state index contributed by atoms with van der Waals surface area (Å²) in [6.07, 6.45) is 10.4. The van der Waals surface area contributed by atoms with Gasteiger partial charge in [-0.15, -0.1) is 0 Å². The lowest BCUT2D eigenvalue weighted by atomic mass is 9.60. The van der Waals surface area contributed by atoms with Gasteiger partial charge in [0.05, 0.1) is 18.8 Å². The Labute approximate surface area is 244 Å². The first-order valence-electron chi connectivity index (χ1n) is 16.0. The lowest BCUT2D eigenvalue weighted by Crippen LogP contribution is -2.75. The van der Waals surface area contributed by atoms with Gasteiger partial charge in [0.2, 0.25) is 0 Å². The summed E-state index contributed by atoms with van der Waals surface area (Å²) in [5.41, 5.74) is 1.42. The maximum absolute atomic E-state index is 12.8. The maximum atomic E-state index is 12.8. The van der Waals surface area contributed by atoms with E-state index in [4.69, 9.17) is 9.47 Å². The highest BCUT2D eigenvalue weighted by atomic mass is 16.5. The number of carbonyl (C=O) groups is 2. The van der Waals surface area contributed by atoms with Gasteiger partial charge in [0, 0.05) is 54.0 Å². The second kappa shape index (κ2) is 11.6. The van der Waals surface area contributed by atoms with Crippen molar-refractivity contribution in [3.05, 3.63) is 71.8 Å². The first-order valence-corrected chi connectivity index (χ1v) is 16.0. The van der Waals surface area contributed by atoms with Gasteiger partial charge in [-0.3, -0.25) is 9.69 Å². The van der Waals surface area contributed by atoms with E-state index in [0.29, 0.717) is 30.2 Å². The molecule has 8 rings (SSSR count). The van der Waals surface area contributed by atoms with Gasteiger partial charge >= 0.3 is 5.97 Å². The first-order chi connectivity index (χ1) is 20.0. The summed E-state index contributed by atoms with van der Waals surface area (Å²) in [5.74, 6) is 2.76. The van der Waals surface area contributed by atoms with Crippen LogP contribution < -0.4 is 5.32 Å². The smallest absolute Gasteiger partial charge is 0.338 e. The summed E-state index contributed by atoms with van der Waals surface area (Å²) in [4.78, 5) is 26.2. The molecule has 1 saturated carbocycles. The summed E-state index contributed by atoms with van der Waals surface area (Å²) < 4.78 is 12.6. The number of esters is 1. The number of ketones is 1. The molecule has 218 valence electrons. The Kier molecular flexibility index (Phi) is 7.74. The van der Waals surface area contributed by atoms with E-state index < -0.39 is 0 Å². The summed E-state index contributed by atoms with van der Waals surface area (Å²) in [5, 5.41) is 3.77. The van der Waals surface area contributed by atoms with E-state index in [1.54, 1.807) is 6.92 Å². The Balaban J connectivity index is 0.000000265. The van der Waals surface area contributed by atoms with Crippen LogP contribution in [0.15, 0.2) is 60.7 Å². The minimum atomic E-state index is -0.188. The van der Waals surface area contributed by atoms with E-state index in [2.05, 4.69) is 10.2 Å². The molecule has 2 aromatic carbocycles. The zero-order chi connectivity index (χ0) is 27.9. The Hall–Kier alpha value is -2.54. The van der Waals surface area contributed by atoms with Crippen molar-refractivity contribution in [3.63, 3.8) is 0 Å². The highest BCUT2D eigenvalue weighted by Crippen LogP contribution is 2.57. The molecule has 41 heavy (non-hydrogen) atoms. The van der Waals surface area contributed by atoms with Crippen molar-refractivity contribution >= 4 is 11.8 Å². The molecule has 6 fully saturated rings. The van der Waals surface area contributed by atoms with Gasteiger partial charge < -0.3 is 14.8 Å². The molecule has 5 heterocycles. The standard InChI is InChI=1S/C27H36N2O3.C8H8O/c30-27(17-4-2-1-3-5-17)32-26-10-18-8-9-24(28-18)23(26)15-31-14-22-21(16-6-7-16)12-19-11-20-13-25(22)29(19)20;1-7(9)8-5-3-2-4-6-8/h1-5,16,18-26,28H,6-15H2;2-6H,1H3/t18?,19-,20?,21?,22?,23?,24?,25?,26?;/m0./s1. The molecule has 0 aromatic heterocycles. The predicted molar refractivity (Wildman–Crippen MR) is 158 cm³/mol. The third kappa shape index (κ3) is 5.63. The van der Waals surface area contributed by atoms with E-state index in [1.165, 1.54) is 44.9 Å². The fourth-order valence-corrected chi connectivity index (χ4v) is 8.67. The molecule has 1 N–H and O–H groups in total. The zero-order valence-electron chi connectivity index (χ0n) is 24.2. The normalized spacial score (nSPS) is 36.6. The van der Waals surface area contributed by atoms with Crippen molar-refractivity contribution in [1.29, 1.82) is 0 Å². The molecule has 6 nitrogen and oxygen atoms in total. The molecule has 0 radical (unpaired) electrons. The Morgan fingerprint density at radius 3 is 2.15 bits per heavy atom. The lowest BCUT2D eigenvalue weighted by Gasteiger charge is -2.68. The Bertz CT molecular complexity index is 1220. The number of hydrogen-bond acceptors (Lipinski definition) is 6. The Morgan fingerprint density at radius 2 is 1.49 bits per heavy atom. The molecule has 1 aliphatic carbocycles. The van der Waals surface area contributed by atoms with E-state index in [-0.39, 0.29) is 23.8 Å². The third-order valence-electron chi connectivity index (χ3n) is 11.0. The van der Waals surface area contributed by atoms with E-state index >= 15 is 0 Å². The SMILES string of the molecule is CC(=O)c1ccccc1.O=C(OC1CC2CCC(N2)C1COCC1C(C2CC2)C[C@@H]2CC3CC1N32)c1ccccc1. The van der Waals surface area contributed by atoms with Gasteiger partial charge in [-0.2, -0.15) is 0 Å². The molecule has 2 aromatic rings. The molecule has 5 aliphatic heterocycles. The van der Waals surface area contributed by atoms with Gasteiger partial charge in [-0.1, -0.05) is 48.5 Å². The fourth-order valence-electron chi connectivity index (χ4n) is 8.67. The van der Waals surface area contributed by atoms with E-state index in [0.717, 1.165) is 48.6 Å². The molecule has 8 unspecified atom stereocenters. The van der Waals surface area contributed by atoms with Crippen LogP contribution in [0.5, 0.6) is 0 Å². The minimum absolute atomic E-state index is 0.0418.